The maximum atomic E-state index is 12.3. The maximum Gasteiger partial charge on any atom is 0.229 e. The van der Waals surface area contributed by atoms with Gasteiger partial charge in [-0.1, -0.05) is 0 Å². The highest BCUT2D eigenvalue weighted by Crippen LogP contribution is 2.69. The zero-order valence-electron chi connectivity index (χ0n) is 10.1. The fourth-order valence-corrected chi connectivity index (χ4v) is 5.22. The molecule has 0 aliphatic heterocycles. The molecule has 4 unspecified atom stereocenters. The van der Waals surface area contributed by atoms with E-state index in [-0.39, 0.29) is 11.8 Å². The number of hydrogen-bond donors (Lipinski definition) is 1. The second-order valence-electron chi connectivity index (χ2n) is 5.84. The van der Waals surface area contributed by atoms with Crippen molar-refractivity contribution < 1.29 is 4.79 Å². The first-order valence-corrected chi connectivity index (χ1v) is 8.22. The molecule has 100 valence electrons. The molecule has 1 heterocycles. The van der Waals surface area contributed by atoms with Gasteiger partial charge in [0.25, 0.3) is 0 Å². The van der Waals surface area contributed by atoms with Crippen molar-refractivity contribution in [1.29, 1.82) is 0 Å². The molecule has 4 atom stereocenters. The van der Waals surface area contributed by atoms with Crippen molar-refractivity contribution in [2.45, 2.75) is 19.3 Å². The molecule has 6 heteroatoms. The minimum absolute atomic E-state index is 0.129. The third-order valence-corrected chi connectivity index (χ3v) is 5.92. The monoisotopic (exact) mass is 385 g/mol. The van der Waals surface area contributed by atoms with Crippen molar-refractivity contribution in [2.24, 2.45) is 29.6 Å². The van der Waals surface area contributed by atoms with Crippen molar-refractivity contribution in [3.05, 3.63) is 15.4 Å². The van der Waals surface area contributed by atoms with Gasteiger partial charge < -0.3 is 5.32 Å². The maximum absolute atomic E-state index is 12.3. The number of halogens is 2. The molecule has 0 aromatic carbocycles. The van der Waals surface area contributed by atoms with E-state index in [2.05, 4.69) is 47.1 Å². The van der Waals surface area contributed by atoms with Gasteiger partial charge in [-0.05, 0) is 74.8 Å². The standard InChI is InChI=1S/C13H13Br2N3O/c14-7-4-16-12(11(15)17-7)18-13(19)10-8-5-1-2-6(3-5)9(8)10/h4-6,8-10H,1-3H2,(H,16,18,19). The van der Waals surface area contributed by atoms with Crippen LogP contribution in [0.15, 0.2) is 15.4 Å². The number of rotatable bonds is 2. The van der Waals surface area contributed by atoms with Gasteiger partial charge in [0.05, 0.1) is 6.20 Å². The number of amides is 1. The topological polar surface area (TPSA) is 54.9 Å². The van der Waals surface area contributed by atoms with Gasteiger partial charge in [0.15, 0.2) is 5.82 Å². The van der Waals surface area contributed by atoms with Crippen LogP contribution < -0.4 is 5.32 Å². The number of nitrogens with one attached hydrogen (secondary N) is 1. The van der Waals surface area contributed by atoms with Gasteiger partial charge in [-0.25, -0.2) is 9.97 Å². The van der Waals surface area contributed by atoms with E-state index in [0.29, 0.717) is 26.9 Å². The second-order valence-corrected chi connectivity index (χ2v) is 7.40. The second kappa shape index (κ2) is 4.25. The number of aromatic nitrogens is 2. The SMILES string of the molecule is O=C(Nc1ncc(Br)nc1Br)C1C2C3CCC(C3)C12. The minimum atomic E-state index is 0.129. The Kier molecular flexibility index (Phi) is 2.74. The van der Waals surface area contributed by atoms with E-state index >= 15 is 0 Å². The van der Waals surface area contributed by atoms with E-state index in [9.17, 15) is 4.79 Å². The molecule has 1 aromatic rings. The van der Waals surface area contributed by atoms with Crippen LogP contribution in [0.4, 0.5) is 5.82 Å². The molecule has 4 rings (SSSR count). The zero-order chi connectivity index (χ0) is 13.1. The molecule has 4 nitrogen and oxygen atoms in total. The summed E-state index contributed by atoms with van der Waals surface area (Å²) >= 11 is 6.58. The normalized spacial score (nSPS) is 38.1. The quantitative estimate of drug-likeness (QED) is 0.848. The Morgan fingerprint density at radius 2 is 1.95 bits per heavy atom. The van der Waals surface area contributed by atoms with E-state index in [0.717, 1.165) is 11.8 Å². The summed E-state index contributed by atoms with van der Waals surface area (Å²) in [6.45, 7) is 0. The van der Waals surface area contributed by atoms with Crippen LogP contribution in [0.3, 0.4) is 0 Å². The predicted octanol–water partition coefficient (Wildman–Crippen LogP) is 3.23. The summed E-state index contributed by atoms with van der Waals surface area (Å²) in [4.78, 5) is 20.7. The lowest BCUT2D eigenvalue weighted by molar-refractivity contribution is -0.118. The van der Waals surface area contributed by atoms with E-state index in [4.69, 9.17) is 0 Å². The highest BCUT2D eigenvalue weighted by atomic mass is 79.9. The van der Waals surface area contributed by atoms with Crippen molar-refractivity contribution in [3.8, 4) is 0 Å². The molecule has 1 amide bonds. The molecule has 0 spiro atoms. The number of carbonyl (C=O) groups is 1. The highest BCUT2D eigenvalue weighted by Gasteiger charge is 2.67. The molecule has 1 N–H and O–H groups in total. The first kappa shape index (κ1) is 12.3. The molecule has 19 heavy (non-hydrogen) atoms. The van der Waals surface area contributed by atoms with Crippen LogP contribution in [0, 0.1) is 29.6 Å². The third kappa shape index (κ3) is 1.87. The Hall–Kier alpha value is -0.490. The number of anilines is 1. The number of fused-ring (bicyclic) bond motifs is 5. The summed E-state index contributed by atoms with van der Waals surface area (Å²) in [6.07, 6.45) is 5.62. The molecule has 1 aromatic heterocycles. The summed E-state index contributed by atoms with van der Waals surface area (Å²) in [5.74, 6) is 3.80. The van der Waals surface area contributed by atoms with Crippen LogP contribution in [0.2, 0.25) is 0 Å². The van der Waals surface area contributed by atoms with Crippen molar-refractivity contribution >= 4 is 43.6 Å². The summed E-state index contributed by atoms with van der Waals surface area (Å²) in [6, 6.07) is 0. The average Bonchev–Trinajstić information content (AvgIpc) is 2.82. The summed E-state index contributed by atoms with van der Waals surface area (Å²) in [5, 5.41) is 2.92. The molecule has 3 fully saturated rings. The van der Waals surface area contributed by atoms with Gasteiger partial charge in [-0.3, -0.25) is 4.79 Å². The van der Waals surface area contributed by atoms with Gasteiger partial charge in [0.2, 0.25) is 5.91 Å². The van der Waals surface area contributed by atoms with Gasteiger partial charge in [-0.15, -0.1) is 0 Å². The number of hydrogen-bond acceptors (Lipinski definition) is 3. The first-order valence-electron chi connectivity index (χ1n) is 6.64. The van der Waals surface area contributed by atoms with Crippen molar-refractivity contribution in [1.82, 2.24) is 9.97 Å². The molecule has 3 aliphatic rings. The lowest BCUT2D eigenvalue weighted by Gasteiger charge is -2.09. The molecular formula is C13H13Br2N3O. The van der Waals surface area contributed by atoms with Crippen molar-refractivity contribution in [3.63, 3.8) is 0 Å². The van der Waals surface area contributed by atoms with Crippen LogP contribution in [-0.2, 0) is 4.79 Å². The van der Waals surface area contributed by atoms with E-state index in [1.165, 1.54) is 19.3 Å². The molecule has 3 saturated carbocycles. The Labute approximate surface area is 128 Å². The largest absolute Gasteiger partial charge is 0.308 e. The van der Waals surface area contributed by atoms with Gasteiger partial charge in [0, 0.05) is 5.92 Å². The van der Waals surface area contributed by atoms with Gasteiger partial charge in [0.1, 0.15) is 9.21 Å². The Bertz CT molecular complexity index is 549. The fourth-order valence-electron chi connectivity index (χ4n) is 4.31. The van der Waals surface area contributed by atoms with Gasteiger partial charge >= 0.3 is 0 Å². The highest BCUT2D eigenvalue weighted by molar-refractivity contribution is 9.11. The van der Waals surface area contributed by atoms with Crippen LogP contribution >= 0.6 is 31.9 Å². The molecule has 0 radical (unpaired) electrons. The Morgan fingerprint density at radius 3 is 2.58 bits per heavy atom. The predicted molar refractivity (Wildman–Crippen MR) is 77.4 cm³/mol. The summed E-state index contributed by atoms with van der Waals surface area (Å²) in [5.41, 5.74) is 0. The van der Waals surface area contributed by atoms with Crippen LogP contribution in [0.5, 0.6) is 0 Å². The van der Waals surface area contributed by atoms with Crippen molar-refractivity contribution in [2.75, 3.05) is 5.32 Å². The fraction of sp³-hybridized carbons (Fsp3) is 0.615. The first-order chi connectivity index (χ1) is 9.15. The third-order valence-electron chi connectivity index (χ3n) is 4.98. The van der Waals surface area contributed by atoms with E-state index in [1.54, 1.807) is 6.20 Å². The zero-order valence-corrected chi connectivity index (χ0v) is 13.3. The van der Waals surface area contributed by atoms with E-state index in [1.807, 2.05) is 0 Å². The van der Waals surface area contributed by atoms with E-state index < -0.39 is 0 Å². The lowest BCUT2D eigenvalue weighted by Crippen LogP contribution is -2.19. The molecular weight excluding hydrogens is 374 g/mol. The van der Waals surface area contributed by atoms with Crippen LogP contribution in [-0.4, -0.2) is 15.9 Å². The molecule has 3 aliphatic carbocycles. The lowest BCUT2D eigenvalue weighted by atomic mass is 10.0. The van der Waals surface area contributed by atoms with Gasteiger partial charge in [-0.2, -0.15) is 0 Å². The number of carbonyl (C=O) groups excluding carboxylic acids is 1. The number of nitrogens with zero attached hydrogens (tertiary/aromatic N) is 2. The Morgan fingerprint density at radius 1 is 1.26 bits per heavy atom. The molecule has 0 saturated heterocycles. The summed E-state index contributed by atoms with van der Waals surface area (Å²) < 4.78 is 1.22. The molecule has 2 bridgehead atoms. The summed E-state index contributed by atoms with van der Waals surface area (Å²) in [7, 11) is 0. The smallest absolute Gasteiger partial charge is 0.229 e. The van der Waals surface area contributed by atoms with Crippen LogP contribution in [0.25, 0.3) is 0 Å². The van der Waals surface area contributed by atoms with Crippen LogP contribution in [0.1, 0.15) is 19.3 Å². The Balaban J connectivity index is 1.48. The average molecular weight is 387 g/mol. The minimum Gasteiger partial charge on any atom is -0.308 e.